The van der Waals surface area contributed by atoms with E-state index in [1.54, 1.807) is 12.4 Å². The Morgan fingerprint density at radius 2 is 2.33 bits per heavy atom. The molecular formula is C11H14N2O2. The maximum absolute atomic E-state index is 11.5. The van der Waals surface area contributed by atoms with E-state index in [1.807, 2.05) is 6.92 Å². The van der Waals surface area contributed by atoms with Crippen molar-refractivity contribution < 1.29 is 9.53 Å². The number of hydrogen-bond acceptors (Lipinski definition) is 4. The molecule has 1 heterocycles. The Balaban J connectivity index is 2.00. The molecule has 1 fully saturated rings. The number of carbonyl (C=O) groups excluding carboxylic acids is 1. The fraction of sp³-hybridized carbons (Fsp3) is 0.545. The molecule has 1 saturated carbocycles. The first-order chi connectivity index (χ1) is 7.29. The lowest BCUT2D eigenvalue weighted by Gasteiger charge is -2.03. The average Bonchev–Trinajstić information content (AvgIpc) is 3.01. The van der Waals surface area contributed by atoms with Crippen molar-refractivity contribution in [3.8, 4) is 5.88 Å². The number of aromatic nitrogens is 2. The summed E-state index contributed by atoms with van der Waals surface area (Å²) in [5.74, 6) is 1.05. The minimum Gasteiger partial charge on any atom is -0.477 e. The van der Waals surface area contributed by atoms with E-state index in [1.165, 1.54) is 0 Å². The van der Waals surface area contributed by atoms with Crippen LogP contribution in [0.25, 0.3) is 0 Å². The molecular weight excluding hydrogens is 192 g/mol. The third-order valence-corrected chi connectivity index (χ3v) is 2.34. The highest BCUT2D eigenvalue weighted by Gasteiger charge is 2.29. The van der Waals surface area contributed by atoms with Crippen LogP contribution in [0.2, 0.25) is 0 Å². The summed E-state index contributed by atoms with van der Waals surface area (Å²) in [7, 11) is 0. The number of Topliss-reactive ketones (excluding diaryl/α,β-unsaturated/α-hetero) is 1. The van der Waals surface area contributed by atoms with Gasteiger partial charge in [-0.05, 0) is 19.8 Å². The van der Waals surface area contributed by atoms with Crippen LogP contribution >= 0.6 is 0 Å². The van der Waals surface area contributed by atoms with Gasteiger partial charge in [-0.1, -0.05) is 0 Å². The smallest absolute Gasteiger partial charge is 0.232 e. The maximum atomic E-state index is 11.5. The maximum Gasteiger partial charge on any atom is 0.232 e. The molecule has 15 heavy (non-hydrogen) atoms. The lowest BCUT2D eigenvalue weighted by Crippen LogP contribution is -2.07. The summed E-state index contributed by atoms with van der Waals surface area (Å²) in [4.78, 5) is 19.7. The molecule has 1 aromatic rings. The van der Waals surface area contributed by atoms with E-state index in [-0.39, 0.29) is 11.7 Å². The Labute approximate surface area is 88.7 Å². The molecule has 0 amide bonds. The third kappa shape index (κ3) is 2.75. The van der Waals surface area contributed by atoms with E-state index in [0.717, 1.165) is 12.8 Å². The van der Waals surface area contributed by atoms with Gasteiger partial charge in [0.05, 0.1) is 24.9 Å². The second-order valence-electron chi connectivity index (χ2n) is 3.70. The molecule has 1 aliphatic rings. The first-order valence-electron chi connectivity index (χ1n) is 5.26. The standard InChI is InChI=1S/C11H14N2O2/c1-2-15-11-7-12-6-9(13-11)5-10(14)8-3-4-8/h6-8H,2-5H2,1H3. The van der Waals surface area contributed by atoms with E-state index in [4.69, 9.17) is 4.74 Å². The van der Waals surface area contributed by atoms with Crippen LogP contribution in [0.4, 0.5) is 0 Å². The molecule has 2 rings (SSSR count). The number of nitrogens with zero attached hydrogens (tertiary/aromatic N) is 2. The molecule has 4 heteroatoms. The van der Waals surface area contributed by atoms with Gasteiger partial charge in [-0.25, -0.2) is 4.98 Å². The van der Waals surface area contributed by atoms with Crippen molar-refractivity contribution in [3.05, 3.63) is 18.1 Å². The molecule has 80 valence electrons. The highest BCUT2D eigenvalue weighted by molar-refractivity contribution is 5.84. The second-order valence-corrected chi connectivity index (χ2v) is 3.70. The molecule has 0 bridgehead atoms. The van der Waals surface area contributed by atoms with Gasteiger partial charge in [0.15, 0.2) is 0 Å². The topological polar surface area (TPSA) is 52.1 Å². The minimum absolute atomic E-state index is 0.276. The molecule has 0 spiro atoms. The van der Waals surface area contributed by atoms with E-state index in [0.29, 0.717) is 24.6 Å². The zero-order valence-corrected chi connectivity index (χ0v) is 8.77. The summed E-state index contributed by atoms with van der Waals surface area (Å²) < 4.78 is 5.22. The van der Waals surface area contributed by atoms with Gasteiger partial charge in [0.25, 0.3) is 0 Å². The summed E-state index contributed by atoms with van der Waals surface area (Å²) in [6.07, 6.45) is 5.66. The van der Waals surface area contributed by atoms with Crippen molar-refractivity contribution in [1.82, 2.24) is 9.97 Å². The van der Waals surface area contributed by atoms with Gasteiger partial charge in [-0.15, -0.1) is 0 Å². The van der Waals surface area contributed by atoms with Crippen LogP contribution in [0, 0.1) is 5.92 Å². The first-order valence-corrected chi connectivity index (χ1v) is 5.26. The summed E-state index contributed by atoms with van der Waals surface area (Å²) in [5, 5.41) is 0. The van der Waals surface area contributed by atoms with Gasteiger partial charge in [-0.3, -0.25) is 9.78 Å². The molecule has 1 aromatic heterocycles. The van der Waals surface area contributed by atoms with Crippen molar-refractivity contribution >= 4 is 5.78 Å². The van der Waals surface area contributed by atoms with E-state index in [2.05, 4.69) is 9.97 Å². The van der Waals surface area contributed by atoms with Crippen LogP contribution in [-0.2, 0) is 11.2 Å². The van der Waals surface area contributed by atoms with Crippen molar-refractivity contribution in [2.24, 2.45) is 5.92 Å². The van der Waals surface area contributed by atoms with Gasteiger partial charge in [0.2, 0.25) is 5.88 Å². The Kier molecular flexibility index (Phi) is 2.94. The Morgan fingerprint density at radius 3 is 3.00 bits per heavy atom. The van der Waals surface area contributed by atoms with Crippen LogP contribution in [0.5, 0.6) is 5.88 Å². The zero-order valence-electron chi connectivity index (χ0n) is 8.77. The van der Waals surface area contributed by atoms with Crippen molar-refractivity contribution in [2.75, 3.05) is 6.61 Å². The number of carbonyl (C=O) groups is 1. The average molecular weight is 206 g/mol. The summed E-state index contributed by atoms with van der Waals surface area (Å²) in [6, 6.07) is 0. The predicted molar refractivity (Wildman–Crippen MR) is 54.6 cm³/mol. The SMILES string of the molecule is CCOc1cncc(CC(=O)C2CC2)n1. The summed E-state index contributed by atoms with van der Waals surface area (Å²) in [5.41, 5.74) is 0.706. The third-order valence-electron chi connectivity index (χ3n) is 2.34. The number of ether oxygens (including phenoxy) is 1. The highest BCUT2D eigenvalue weighted by atomic mass is 16.5. The Hall–Kier alpha value is -1.45. The lowest BCUT2D eigenvalue weighted by atomic mass is 10.1. The lowest BCUT2D eigenvalue weighted by molar-refractivity contribution is -0.119. The van der Waals surface area contributed by atoms with E-state index >= 15 is 0 Å². The van der Waals surface area contributed by atoms with Crippen LogP contribution < -0.4 is 4.74 Å². The molecule has 0 unspecified atom stereocenters. The Bertz CT molecular complexity index is 361. The molecule has 0 aromatic carbocycles. The molecule has 0 N–H and O–H groups in total. The molecule has 1 aliphatic carbocycles. The highest BCUT2D eigenvalue weighted by Crippen LogP contribution is 2.30. The van der Waals surface area contributed by atoms with Crippen molar-refractivity contribution in [3.63, 3.8) is 0 Å². The minimum atomic E-state index is 0.276. The molecule has 0 aliphatic heterocycles. The zero-order chi connectivity index (χ0) is 10.7. The quantitative estimate of drug-likeness (QED) is 0.730. The van der Waals surface area contributed by atoms with Gasteiger partial charge < -0.3 is 4.74 Å². The van der Waals surface area contributed by atoms with E-state index in [9.17, 15) is 4.79 Å². The second kappa shape index (κ2) is 4.38. The van der Waals surface area contributed by atoms with Gasteiger partial charge in [0, 0.05) is 12.1 Å². The summed E-state index contributed by atoms with van der Waals surface area (Å²) in [6.45, 7) is 2.46. The van der Waals surface area contributed by atoms with Gasteiger partial charge in [0.1, 0.15) is 5.78 Å². The van der Waals surface area contributed by atoms with Crippen LogP contribution in [0.1, 0.15) is 25.5 Å². The number of hydrogen-bond donors (Lipinski definition) is 0. The summed E-state index contributed by atoms with van der Waals surface area (Å²) >= 11 is 0. The molecule has 0 radical (unpaired) electrons. The molecule has 0 saturated heterocycles. The van der Waals surface area contributed by atoms with Gasteiger partial charge in [-0.2, -0.15) is 0 Å². The van der Waals surface area contributed by atoms with Gasteiger partial charge >= 0.3 is 0 Å². The van der Waals surface area contributed by atoms with Crippen LogP contribution in [0.15, 0.2) is 12.4 Å². The largest absolute Gasteiger partial charge is 0.477 e. The van der Waals surface area contributed by atoms with Crippen molar-refractivity contribution in [1.29, 1.82) is 0 Å². The van der Waals surface area contributed by atoms with Crippen LogP contribution in [-0.4, -0.2) is 22.4 Å². The van der Waals surface area contributed by atoms with Crippen LogP contribution in [0.3, 0.4) is 0 Å². The van der Waals surface area contributed by atoms with Crippen molar-refractivity contribution in [2.45, 2.75) is 26.2 Å². The number of ketones is 1. The fourth-order valence-electron chi connectivity index (χ4n) is 1.42. The molecule has 0 atom stereocenters. The number of rotatable bonds is 5. The predicted octanol–water partition coefficient (Wildman–Crippen LogP) is 1.40. The monoisotopic (exact) mass is 206 g/mol. The first kappa shape index (κ1) is 10.1. The van der Waals surface area contributed by atoms with E-state index < -0.39 is 0 Å². The Morgan fingerprint density at radius 1 is 1.53 bits per heavy atom. The molecule has 4 nitrogen and oxygen atoms in total. The fourth-order valence-corrected chi connectivity index (χ4v) is 1.42. The normalized spacial score (nSPS) is 15.0.